The summed E-state index contributed by atoms with van der Waals surface area (Å²) in [7, 11) is 0. The highest BCUT2D eigenvalue weighted by Gasteiger charge is 2.32. The maximum Gasteiger partial charge on any atom is 0.407 e. The van der Waals surface area contributed by atoms with E-state index in [2.05, 4.69) is 22.9 Å². The molecule has 0 aromatic rings. The molecule has 2 rings (SSSR count). The van der Waals surface area contributed by atoms with Crippen LogP contribution in [0.2, 0.25) is 0 Å². The smallest absolute Gasteiger partial charge is 0.407 e. The molecule has 2 unspecified atom stereocenters. The molecule has 0 bridgehead atoms. The van der Waals surface area contributed by atoms with Crippen molar-refractivity contribution in [1.29, 1.82) is 0 Å². The van der Waals surface area contributed by atoms with E-state index >= 15 is 0 Å². The van der Waals surface area contributed by atoms with Crippen LogP contribution < -0.4 is 16.0 Å². The van der Waals surface area contributed by atoms with Crippen LogP contribution in [0.25, 0.3) is 0 Å². The molecule has 0 aromatic carbocycles. The average molecular weight is 438 g/mol. The highest BCUT2D eigenvalue weighted by atomic mass is 16.6. The summed E-state index contributed by atoms with van der Waals surface area (Å²) < 4.78 is 5.39. The van der Waals surface area contributed by atoms with Crippen molar-refractivity contribution >= 4 is 18.0 Å². The number of carbonyl (C=O) groups is 2. The number of aliphatic imine (C=N–C) groups is 1. The van der Waals surface area contributed by atoms with Gasteiger partial charge in [0.15, 0.2) is 5.96 Å². The summed E-state index contributed by atoms with van der Waals surface area (Å²) in [5.74, 6) is 1.29. The molecule has 2 fully saturated rings. The monoisotopic (exact) mass is 437 g/mol. The number of ether oxygens (including phenoxy) is 1. The molecule has 1 aliphatic carbocycles. The van der Waals surface area contributed by atoms with Crippen molar-refractivity contribution in [3.8, 4) is 0 Å². The Kier molecular flexibility index (Phi) is 9.91. The van der Waals surface area contributed by atoms with Gasteiger partial charge < -0.3 is 25.6 Å². The van der Waals surface area contributed by atoms with Gasteiger partial charge in [-0.1, -0.05) is 26.2 Å². The second-order valence-corrected chi connectivity index (χ2v) is 9.75. The number of alkyl carbamates (subject to hydrolysis) is 1. The fraction of sp³-hybridized carbons (Fsp3) is 0.870. The molecule has 0 aromatic heterocycles. The minimum atomic E-state index is -0.523. The Balaban J connectivity index is 1.89. The number of hydrogen-bond donors (Lipinski definition) is 3. The highest BCUT2D eigenvalue weighted by Crippen LogP contribution is 2.27. The van der Waals surface area contributed by atoms with Crippen LogP contribution in [0.15, 0.2) is 4.99 Å². The van der Waals surface area contributed by atoms with Crippen molar-refractivity contribution in [2.45, 2.75) is 97.2 Å². The summed E-state index contributed by atoms with van der Waals surface area (Å²) >= 11 is 0. The number of hydrogen-bond acceptors (Lipinski definition) is 4. The van der Waals surface area contributed by atoms with Gasteiger partial charge in [0.25, 0.3) is 0 Å². The number of nitrogens with one attached hydrogen (secondary N) is 3. The fourth-order valence-electron chi connectivity index (χ4n) is 4.26. The van der Waals surface area contributed by atoms with Crippen LogP contribution in [-0.2, 0) is 9.53 Å². The number of nitrogens with zero attached hydrogens (tertiary/aromatic N) is 2. The molecule has 8 nitrogen and oxygen atoms in total. The molecule has 178 valence electrons. The second kappa shape index (κ2) is 12.2. The second-order valence-electron chi connectivity index (χ2n) is 9.75. The van der Waals surface area contributed by atoms with Gasteiger partial charge in [-0.25, -0.2) is 4.79 Å². The summed E-state index contributed by atoms with van der Waals surface area (Å²) in [5.41, 5.74) is -0.523. The summed E-state index contributed by atoms with van der Waals surface area (Å²) in [6.45, 7) is 12.5. The predicted molar refractivity (Wildman–Crippen MR) is 124 cm³/mol. The maximum absolute atomic E-state index is 12.7. The van der Waals surface area contributed by atoms with Crippen molar-refractivity contribution in [3.05, 3.63) is 0 Å². The van der Waals surface area contributed by atoms with Crippen molar-refractivity contribution in [3.63, 3.8) is 0 Å². The lowest BCUT2D eigenvalue weighted by atomic mass is 10.1. The van der Waals surface area contributed by atoms with Gasteiger partial charge >= 0.3 is 6.09 Å². The van der Waals surface area contributed by atoms with Gasteiger partial charge in [0.05, 0.1) is 12.6 Å². The molecule has 1 aliphatic heterocycles. The van der Waals surface area contributed by atoms with Gasteiger partial charge in [0.1, 0.15) is 5.60 Å². The molecular weight excluding hydrogens is 394 g/mol. The van der Waals surface area contributed by atoms with Crippen LogP contribution in [-0.4, -0.2) is 66.7 Å². The van der Waals surface area contributed by atoms with Crippen LogP contribution >= 0.6 is 0 Å². The molecule has 1 saturated heterocycles. The predicted octanol–water partition coefficient (Wildman–Crippen LogP) is 3.03. The Morgan fingerprint density at radius 3 is 2.48 bits per heavy atom. The highest BCUT2D eigenvalue weighted by molar-refractivity contribution is 5.81. The van der Waals surface area contributed by atoms with E-state index in [9.17, 15) is 9.59 Å². The largest absolute Gasteiger partial charge is 0.444 e. The third-order valence-electron chi connectivity index (χ3n) is 5.72. The summed E-state index contributed by atoms with van der Waals surface area (Å²) in [5, 5.41) is 9.71. The Morgan fingerprint density at radius 1 is 1.16 bits per heavy atom. The van der Waals surface area contributed by atoms with E-state index in [1.807, 2.05) is 32.6 Å². The fourth-order valence-corrected chi connectivity index (χ4v) is 4.26. The Morgan fingerprint density at radius 2 is 1.87 bits per heavy atom. The molecule has 1 heterocycles. The van der Waals surface area contributed by atoms with Crippen molar-refractivity contribution in [1.82, 2.24) is 20.9 Å². The first-order valence-electron chi connectivity index (χ1n) is 12.0. The molecule has 2 amide bonds. The molecule has 31 heavy (non-hydrogen) atoms. The third kappa shape index (κ3) is 8.95. The van der Waals surface area contributed by atoms with E-state index in [4.69, 9.17) is 9.73 Å². The lowest BCUT2D eigenvalue weighted by molar-refractivity contribution is -0.134. The zero-order valence-electron chi connectivity index (χ0n) is 20.1. The van der Waals surface area contributed by atoms with E-state index < -0.39 is 11.7 Å². The van der Waals surface area contributed by atoms with Crippen LogP contribution in [0, 0.1) is 5.92 Å². The molecule has 1 saturated carbocycles. The van der Waals surface area contributed by atoms with Crippen molar-refractivity contribution in [2.75, 3.05) is 26.2 Å². The Hall–Kier alpha value is -1.99. The molecule has 3 N–H and O–H groups in total. The third-order valence-corrected chi connectivity index (χ3v) is 5.72. The van der Waals surface area contributed by atoms with Crippen LogP contribution in [0.3, 0.4) is 0 Å². The standard InChI is InChI=1S/C23H43N5O3/c1-6-10-18(27-22(30)31-23(3,4)5)15-25-21(24-7-2)26-19-13-14-28(16-19)20(29)17-11-8-9-12-17/h17-19H,6-16H2,1-5H3,(H,27,30)(H2,24,25,26). The number of rotatable bonds is 8. The number of carbonyl (C=O) groups excluding carboxylic acids is 2. The zero-order valence-corrected chi connectivity index (χ0v) is 20.1. The number of amides is 2. The molecule has 2 aliphatic rings. The van der Waals surface area contributed by atoms with E-state index in [0.717, 1.165) is 57.7 Å². The van der Waals surface area contributed by atoms with Crippen LogP contribution in [0.5, 0.6) is 0 Å². The number of likely N-dealkylation sites (tertiary alicyclic amines) is 1. The minimum absolute atomic E-state index is 0.0840. The van der Waals surface area contributed by atoms with Gasteiger partial charge in [0.2, 0.25) is 5.91 Å². The van der Waals surface area contributed by atoms with E-state index in [-0.39, 0.29) is 18.0 Å². The summed E-state index contributed by atoms with van der Waals surface area (Å²) in [6.07, 6.45) is 6.74. The molecule has 0 radical (unpaired) electrons. The van der Waals surface area contributed by atoms with E-state index in [1.165, 1.54) is 12.8 Å². The van der Waals surface area contributed by atoms with Gasteiger partial charge in [0, 0.05) is 31.6 Å². The van der Waals surface area contributed by atoms with E-state index in [0.29, 0.717) is 12.5 Å². The van der Waals surface area contributed by atoms with Crippen LogP contribution in [0.4, 0.5) is 4.79 Å². The van der Waals surface area contributed by atoms with Gasteiger partial charge in [-0.3, -0.25) is 9.79 Å². The first kappa shape index (κ1) is 25.3. The zero-order chi connectivity index (χ0) is 22.9. The van der Waals surface area contributed by atoms with Crippen molar-refractivity contribution in [2.24, 2.45) is 10.9 Å². The van der Waals surface area contributed by atoms with E-state index in [1.54, 1.807) is 0 Å². The Labute approximate surface area is 187 Å². The van der Waals surface area contributed by atoms with Gasteiger partial charge in [-0.05, 0) is 53.4 Å². The minimum Gasteiger partial charge on any atom is -0.444 e. The molecular formula is C23H43N5O3. The lowest BCUT2D eigenvalue weighted by Gasteiger charge is -2.23. The first-order valence-corrected chi connectivity index (χ1v) is 12.0. The SMILES string of the molecule is CCCC(CN=C(NCC)NC1CCN(C(=O)C2CCCC2)C1)NC(=O)OC(C)(C)C. The quantitative estimate of drug-likeness (QED) is 0.401. The van der Waals surface area contributed by atoms with Gasteiger partial charge in [-0.2, -0.15) is 0 Å². The first-order chi connectivity index (χ1) is 14.7. The Bertz CT molecular complexity index is 611. The maximum atomic E-state index is 12.7. The normalized spacial score (nSPS) is 21.1. The average Bonchev–Trinajstić information content (AvgIpc) is 3.36. The van der Waals surface area contributed by atoms with Crippen LogP contribution in [0.1, 0.15) is 79.6 Å². The number of guanidine groups is 1. The topological polar surface area (TPSA) is 95.1 Å². The van der Waals surface area contributed by atoms with Gasteiger partial charge in [-0.15, -0.1) is 0 Å². The molecule has 8 heteroatoms. The molecule has 2 atom stereocenters. The summed E-state index contributed by atoms with van der Waals surface area (Å²) in [4.78, 5) is 31.6. The van der Waals surface area contributed by atoms with Crippen molar-refractivity contribution < 1.29 is 14.3 Å². The molecule has 0 spiro atoms. The lowest BCUT2D eigenvalue weighted by Crippen LogP contribution is -2.46. The summed E-state index contributed by atoms with van der Waals surface area (Å²) in [6, 6.07) is 0.117.